The third-order valence-corrected chi connectivity index (χ3v) is 4.08. The number of hydrogen-bond acceptors (Lipinski definition) is 3. The van der Waals surface area contributed by atoms with Gasteiger partial charge < -0.3 is 10.4 Å². The highest BCUT2D eigenvalue weighted by atomic mass is 79.9. The largest absolute Gasteiger partial charge is 0.394 e. The van der Waals surface area contributed by atoms with Crippen molar-refractivity contribution >= 4 is 21.6 Å². The fourth-order valence-corrected chi connectivity index (χ4v) is 2.79. The Morgan fingerprint density at radius 1 is 1.47 bits per heavy atom. The SMILES string of the molecule is CC1CCC(CO)(Nc2cncc(Br)c2)CC1. The van der Waals surface area contributed by atoms with E-state index >= 15 is 0 Å². The van der Waals surface area contributed by atoms with Crippen molar-refractivity contribution in [1.82, 2.24) is 4.98 Å². The Bertz CT molecular complexity index is 375. The molecule has 0 aromatic carbocycles. The molecule has 1 aromatic rings. The van der Waals surface area contributed by atoms with Crippen molar-refractivity contribution in [3.63, 3.8) is 0 Å². The molecule has 1 aliphatic carbocycles. The van der Waals surface area contributed by atoms with E-state index in [0.29, 0.717) is 0 Å². The van der Waals surface area contributed by atoms with Crippen LogP contribution in [0.15, 0.2) is 22.9 Å². The molecule has 17 heavy (non-hydrogen) atoms. The van der Waals surface area contributed by atoms with Crippen LogP contribution in [0, 0.1) is 5.92 Å². The van der Waals surface area contributed by atoms with Gasteiger partial charge in [0.15, 0.2) is 0 Å². The van der Waals surface area contributed by atoms with E-state index in [9.17, 15) is 5.11 Å². The monoisotopic (exact) mass is 298 g/mol. The van der Waals surface area contributed by atoms with E-state index in [2.05, 4.69) is 33.2 Å². The molecule has 1 aliphatic rings. The topological polar surface area (TPSA) is 45.1 Å². The summed E-state index contributed by atoms with van der Waals surface area (Å²) in [7, 11) is 0. The average Bonchev–Trinajstić information content (AvgIpc) is 2.33. The number of aliphatic hydroxyl groups excluding tert-OH is 1. The van der Waals surface area contributed by atoms with Crippen LogP contribution in [0.1, 0.15) is 32.6 Å². The van der Waals surface area contributed by atoms with Crippen molar-refractivity contribution in [2.24, 2.45) is 5.92 Å². The van der Waals surface area contributed by atoms with E-state index < -0.39 is 0 Å². The van der Waals surface area contributed by atoms with Crippen LogP contribution in [-0.4, -0.2) is 22.2 Å². The molecule has 0 amide bonds. The first-order valence-corrected chi connectivity index (χ1v) is 6.92. The van der Waals surface area contributed by atoms with Gasteiger partial charge >= 0.3 is 0 Å². The van der Waals surface area contributed by atoms with Crippen LogP contribution in [0.4, 0.5) is 5.69 Å². The van der Waals surface area contributed by atoms with E-state index in [1.807, 2.05) is 6.07 Å². The number of hydrogen-bond donors (Lipinski definition) is 2. The van der Waals surface area contributed by atoms with Crippen molar-refractivity contribution in [3.8, 4) is 0 Å². The molecule has 94 valence electrons. The predicted molar refractivity (Wildman–Crippen MR) is 73.0 cm³/mol. The third kappa shape index (κ3) is 3.19. The maximum atomic E-state index is 9.66. The Labute approximate surface area is 111 Å². The molecule has 3 nitrogen and oxygen atoms in total. The highest BCUT2D eigenvalue weighted by Crippen LogP contribution is 2.34. The van der Waals surface area contributed by atoms with Gasteiger partial charge in [0.05, 0.1) is 24.0 Å². The van der Waals surface area contributed by atoms with Gasteiger partial charge in [-0.1, -0.05) is 6.92 Å². The number of nitrogens with zero attached hydrogens (tertiary/aromatic N) is 1. The highest BCUT2D eigenvalue weighted by molar-refractivity contribution is 9.10. The maximum Gasteiger partial charge on any atom is 0.0661 e. The van der Waals surface area contributed by atoms with Gasteiger partial charge in [-0.05, 0) is 53.6 Å². The molecule has 1 fully saturated rings. The van der Waals surface area contributed by atoms with E-state index in [1.54, 1.807) is 12.4 Å². The molecule has 0 aliphatic heterocycles. The summed E-state index contributed by atoms with van der Waals surface area (Å²) >= 11 is 3.41. The smallest absolute Gasteiger partial charge is 0.0661 e. The first kappa shape index (κ1) is 12.8. The number of halogens is 1. The quantitative estimate of drug-likeness (QED) is 0.901. The van der Waals surface area contributed by atoms with Gasteiger partial charge in [0.2, 0.25) is 0 Å². The lowest BCUT2D eigenvalue weighted by Crippen LogP contribution is -2.45. The van der Waals surface area contributed by atoms with Gasteiger partial charge in [0.1, 0.15) is 0 Å². The minimum Gasteiger partial charge on any atom is -0.394 e. The lowest BCUT2D eigenvalue weighted by Gasteiger charge is -2.39. The maximum absolute atomic E-state index is 9.66. The third-order valence-electron chi connectivity index (χ3n) is 3.65. The predicted octanol–water partition coefficient (Wildman–Crippen LogP) is 3.20. The van der Waals surface area contributed by atoms with Crippen LogP contribution in [-0.2, 0) is 0 Å². The van der Waals surface area contributed by atoms with Crippen LogP contribution in [0.3, 0.4) is 0 Å². The first-order valence-electron chi connectivity index (χ1n) is 6.13. The summed E-state index contributed by atoms with van der Waals surface area (Å²) in [5.41, 5.74) is 0.817. The lowest BCUT2D eigenvalue weighted by molar-refractivity contribution is 0.155. The Balaban J connectivity index is 2.09. The van der Waals surface area contributed by atoms with Crippen LogP contribution >= 0.6 is 15.9 Å². The minimum atomic E-state index is -0.158. The molecule has 1 heterocycles. The summed E-state index contributed by atoms with van der Waals surface area (Å²) in [5.74, 6) is 0.775. The summed E-state index contributed by atoms with van der Waals surface area (Å²) in [6.07, 6.45) is 7.97. The van der Waals surface area contributed by atoms with Gasteiger partial charge in [0, 0.05) is 10.7 Å². The van der Waals surface area contributed by atoms with Gasteiger partial charge in [-0.3, -0.25) is 4.98 Å². The molecule has 0 atom stereocenters. The Kier molecular flexibility index (Phi) is 4.05. The Morgan fingerprint density at radius 3 is 2.76 bits per heavy atom. The first-order chi connectivity index (χ1) is 8.13. The second-order valence-corrected chi connectivity index (χ2v) is 6.05. The average molecular weight is 299 g/mol. The van der Waals surface area contributed by atoms with Crippen molar-refractivity contribution in [3.05, 3.63) is 22.9 Å². The Morgan fingerprint density at radius 2 is 2.18 bits per heavy atom. The number of aromatic nitrogens is 1. The standard InChI is InChI=1S/C13H19BrN2O/c1-10-2-4-13(9-17,5-3-10)16-12-6-11(14)7-15-8-12/h6-8,10,16-17H,2-5,9H2,1H3. The number of pyridine rings is 1. The number of aliphatic hydroxyl groups is 1. The van der Waals surface area contributed by atoms with Crippen LogP contribution in [0.5, 0.6) is 0 Å². The van der Waals surface area contributed by atoms with E-state index in [-0.39, 0.29) is 12.1 Å². The summed E-state index contributed by atoms with van der Waals surface area (Å²) in [5, 5.41) is 13.1. The molecule has 4 heteroatoms. The zero-order valence-electron chi connectivity index (χ0n) is 10.1. The van der Waals surface area contributed by atoms with Gasteiger partial charge in [0.25, 0.3) is 0 Å². The molecular formula is C13H19BrN2O. The second-order valence-electron chi connectivity index (χ2n) is 5.14. The zero-order chi connectivity index (χ0) is 12.3. The molecule has 0 radical (unpaired) electrons. The molecule has 1 aromatic heterocycles. The van der Waals surface area contributed by atoms with Gasteiger partial charge in [-0.15, -0.1) is 0 Å². The van der Waals surface area contributed by atoms with Crippen LogP contribution in [0.25, 0.3) is 0 Å². The van der Waals surface area contributed by atoms with E-state index in [1.165, 1.54) is 12.8 Å². The number of rotatable bonds is 3. The highest BCUT2D eigenvalue weighted by Gasteiger charge is 2.33. The molecule has 0 saturated heterocycles. The molecule has 0 bridgehead atoms. The fraction of sp³-hybridized carbons (Fsp3) is 0.615. The lowest BCUT2D eigenvalue weighted by atomic mass is 9.77. The second kappa shape index (κ2) is 5.36. The van der Waals surface area contributed by atoms with Gasteiger partial charge in [-0.25, -0.2) is 0 Å². The van der Waals surface area contributed by atoms with Crippen LogP contribution < -0.4 is 5.32 Å². The van der Waals surface area contributed by atoms with Crippen molar-refractivity contribution in [2.45, 2.75) is 38.1 Å². The molecule has 2 rings (SSSR count). The number of anilines is 1. The summed E-state index contributed by atoms with van der Waals surface area (Å²) in [4.78, 5) is 4.14. The summed E-state index contributed by atoms with van der Waals surface area (Å²) < 4.78 is 0.958. The Hall–Kier alpha value is -0.610. The molecule has 0 unspecified atom stereocenters. The molecular weight excluding hydrogens is 280 g/mol. The minimum absolute atomic E-state index is 0.158. The van der Waals surface area contributed by atoms with Crippen molar-refractivity contribution in [2.75, 3.05) is 11.9 Å². The van der Waals surface area contributed by atoms with E-state index in [0.717, 1.165) is 28.9 Å². The number of nitrogens with one attached hydrogen (secondary N) is 1. The zero-order valence-corrected chi connectivity index (χ0v) is 11.7. The summed E-state index contributed by atoms with van der Waals surface area (Å²) in [6, 6.07) is 2.00. The molecule has 0 spiro atoms. The normalized spacial score (nSPS) is 29.0. The fourth-order valence-electron chi connectivity index (χ4n) is 2.42. The van der Waals surface area contributed by atoms with Crippen LogP contribution in [0.2, 0.25) is 0 Å². The molecule has 1 saturated carbocycles. The van der Waals surface area contributed by atoms with E-state index in [4.69, 9.17) is 0 Å². The summed E-state index contributed by atoms with van der Waals surface area (Å²) in [6.45, 7) is 2.47. The van der Waals surface area contributed by atoms with Crippen molar-refractivity contribution in [1.29, 1.82) is 0 Å². The molecule has 2 N–H and O–H groups in total. The van der Waals surface area contributed by atoms with Crippen molar-refractivity contribution < 1.29 is 5.11 Å². The van der Waals surface area contributed by atoms with Gasteiger partial charge in [-0.2, -0.15) is 0 Å².